The maximum Gasteiger partial charge on any atom is 0.401 e. The van der Waals surface area contributed by atoms with Crippen molar-refractivity contribution in [2.24, 2.45) is 0 Å². The molecule has 14 nitrogen and oxygen atoms in total. The fraction of sp³-hybridized carbons (Fsp3) is 0.500. The monoisotopic (exact) mass is 658 g/mol. The first-order valence-electron chi connectivity index (χ1n) is 15.2. The zero-order valence-corrected chi connectivity index (χ0v) is 25.8. The summed E-state index contributed by atoms with van der Waals surface area (Å²) in [5.74, 6) is -4.04. The van der Waals surface area contributed by atoms with Gasteiger partial charge >= 0.3 is 6.16 Å². The molecule has 2 aromatic carbocycles. The summed E-state index contributed by atoms with van der Waals surface area (Å²) in [6.07, 6.45) is -7.37. The number of benzene rings is 2. The van der Waals surface area contributed by atoms with Crippen LogP contribution in [0, 0.1) is 0 Å². The molecule has 0 unspecified atom stereocenters. The van der Waals surface area contributed by atoms with Gasteiger partial charge in [0.05, 0.1) is 47.3 Å². The Balaban J connectivity index is 1.42. The summed E-state index contributed by atoms with van der Waals surface area (Å²) in [6.45, 7) is 4.00. The number of morpholine rings is 1. The number of Topliss-reactive ketones (excluding diaryl/α,β-unsaturated/α-hetero) is 1. The number of ketones is 3. The van der Waals surface area contributed by atoms with E-state index in [9.17, 15) is 44.0 Å². The quantitative estimate of drug-likeness (QED) is 0.146. The van der Waals surface area contributed by atoms with Gasteiger partial charge in [0.25, 0.3) is 0 Å². The van der Waals surface area contributed by atoms with E-state index >= 15 is 0 Å². The maximum absolute atomic E-state index is 13.9. The largest absolute Gasteiger partial charge is 0.507 e. The second kappa shape index (κ2) is 12.3. The van der Waals surface area contributed by atoms with Crippen LogP contribution in [0.4, 0.5) is 14.9 Å². The van der Waals surface area contributed by atoms with E-state index in [1.165, 1.54) is 25.3 Å². The second-order valence-corrected chi connectivity index (χ2v) is 12.3. The number of halogens is 1. The third-order valence-electron chi connectivity index (χ3n) is 9.57. The van der Waals surface area contributed by atoms with E-state index in [1.54, 1.807) is 6.92 Å². The first kappa shape index (κ1) is 33.1. The van der Waals surface area contributed by atoms with Crippen LogP contribution in [0.15, 0.2) is 18.2 Å². The number of aromatic hydroxyl groups is 2. The van der Waals surface area contributed by atoms with Crippen molar-refractivity contribution in [2.75, 3.05) is 32.1 Å². The SMILES string of the molecule is CO[C@@H]1CN([C@H]2C[C@H](O[C@H]3C[C@](O)(C(C)=O)Cc4c(O)c5c(c(O)c43)C(=O)c3c(NC(=O)F)cccc3C5=O)O[C@@H](C)[C@H]2O)CCO1. The minimum atomic E-state index is -2.09. The van der Waals surface area contributed by atoms with Gasteiger partial charge in [-0.2, -0.15) is 0 Å². The zero-order chi connectivity index (χ0) is 33.9. The Labute approximate surface area is 268 Å². The van der Waals surface area contributed by atoms with Crippen LogP contribution in [0.3, 0.4) is 0 Å². The van der Waals surface area contributed by atoms with Crippen LogP contribution in [0.1, 0.15) is 75.8 Å². The standard InChI is InChI=1S/C32H35FN2O12/c1-13-26(37)18(35-7-8-45-21(12-35)44-3)9-20(46-13)47-19-11-32(43,14(2)36)10-16-23(19)30(41)25-24(28(16)39)27(38)15-5-4-6-17(34-31(33)42)22(15)29(25)40/h4-6,13,18-21,26,37,39,41,43H,7-12H2,1-3H3,(H,34,42)/t13-,18-,19-,20-,21-,26+,32-/m0/s1. The number of hydrogen-bond acceptors (Lipinski definition) is 13. The van der Waals surface area contributed by atoms with Gasteiger partial charge in [-0.25, -0.2) is 4.79 Å². The zero-order valence-electron chi connectivity index (χ0n) is 25.8. The van der Waals surface area contributed by atoms with Crippen molar-refractivity contribution in [3.8, 4) is 11.5 Å². The van der Waals surface area contributed by atoms with Crippen molar-refractivity contribution in [2.45, 2.75) is 75.6 Å². The lowest BCUT2D eigenvalue weighted by Crippen LogP contribution is -2.59. The number of amides is 1. The van der Waals surface area contributed by atoms with Crippen molar-refractivity contribution in [1.29, 1.82) is 0 Å². The van der Waals surface area contributed by atoms with E-state index < -0.39 is 102 Å². The van der Waals surface area contributed by atoms with Crippen LogP contribution in [0.5, 0.6) is 11.5 Å². The number of phenols is 2. The number of fused-ring (bicyclic) bond motifs is 3. The molecule has 5 N–H and O–H groups in total. The third-order valence-corrected chi connectivity index (χ3v) is 9.57. The number of anilines is 1. The number of carbonyl (C=O) groups excluding carboxylic acids is 4. The summed E-state index contributed by atoms with van der Waals surface area (Å²) in [5.41, 5.74) is -4.56. The number of nitrogens with one attached hydrogen (secondary N) is 1. The van der Waals surface area contributed by atoms with Gasteiger partial charge < -0.3 is 39.4 Å². The van der Waals surface area contributed by atoms with Gasteiger partial charge in [0, 0.05) is 62.2 Å². The van der Waals surface area contributed by atoms with E-state index in [2.05, 4.69) is 0 Å². The van der Waals surface area contributed by atoms with Crippen LogP contribution in [-0.4, -0.2) is 112 Å². The van der Waals surface area contributed by atoms with E-state index in [-0.39, 0.29) is 34.4 Å². The molecular formula is C32H35FN2O12. The number of phenolic OH excluding ortho intramolecular Hbond substituents is 2. The van der Waals surface area contributed by atoms with Crippen molar-refractivity contribution >= 4 is 29.2 Å². The first-order chi connectivity index (χ1) is 22.2. The molecule has 0 saturated carbocycles. The summed E-state index contributed by atoms with van der Waals surface area (Å²) in [7, 11) is 1.51. The second-order valence-electron chi connectivity index (χ2n) is 12.3. The maximum atomic E-state index is 13.9. The van der Waals surface area contributed by atoms with Crippen LogP contribution in [0.2, 0.25) is 0 Å². The number of methoxy groups -OCH3 is 1. The highest BCUT2D eigenvalue weighted by molar-refractivity contribution is 6.32. The smallest absolute Gasteiger partial charge is 0.401 e. The van der Waals surface area contributed by atoms with Gasteiger partial charge in [0.2, 0.25) is 0 Å². The molecule has 4 aliphatic rings. The highest BCUT2D eigenvalue weighted by Crippen LogP contribution is 2.52. The minimum Gasteiger partial charge on any atom is -0.507 e. The molecule has 0 radical (unpaired) electrons. The Kier molecular flexibility index (Phi) is 8.67. The van der Waals surface area contributed by atoms with E-state index in [0.717, 1.165) is 6.92 Å². The molecule has 2 aliphatic heterocycles. The molecule has 6 rings (SSSR count). The number of carbonyl (C=O) groups is 4. The summed E-state index contributed by atoms with van der Waals surface area (Å²) in [4.78, 5) is 53.5. The summed E-state index contributed by atoms with van der Waals surface area (Å²) in [6, 6.07) is 3.27. The average molecular weight is 659 g/mol. The molecule has 2 aromatic rings. The van der Waals surface area contributed by atoms with Crippen molar-refractivity contribution < 1.29 is 62.9 Å². The van der Waals surface area contributed by atoms with Gasteiger partial charge in [-0.3, -0.25) is 24.6 Å². The van der Waals surface area contributed by atoms with Crippen molar-refractivity contribution in [1.82, 2.24) is 4.90 Å². The Bertz CT molecular complexity index is 1670. The molecule has 47 heavy (non-hydrogen) atoms. The van der Waals surface area contributed by atoms with Crippen molar-refractivity contribution in [3.63, 3.8) is 0 Å². The van der Waals surface area contributed by atoms with Gasteiger partial charge in [0.15, 0.2) is 29.9 Å². The van der Waals surface area contributed by atoms with E-state index in [1.807, 2.05) is 10.2 Å². The summed E-state index contributed by atoms with van der Waals surface area (Å²) >= 11 is 0. The summed E-state index contributed by atoms with van der Waals surface area (Å²) in [5, 5.41) is 47.6. The fourth-order valence-electron chi connectivity index (χ4n) is 7.12. The van der Waals surface area contributed by atoms with Crippen LogP contribution in [-0.2, 0) is 30.2 Å². The molecular weight excluding hydrogens is 623 g/mol. The Hall–Kier alpha value is -3.83. The molecule has 0 aromatic heterocycles. The lowest BCUT2D eigenvalue weighted by molar-refractivity contribution is -0.266. The van der Waals surface area contributed by atoms with Gasteiger partial charge in [-0.05, 0) is 19.9 Å². The fourth-order valence-corrected chi connectivity index (χ4v) is 7.12. The molecule has 2 saturated heterocycles. The van der Waals surface area contributed by atoms with E-state index in [4.69, 9.17) is 18.9 Å². The van der Waals surface area contributed by atoms with Crippen LogP contribution < -0.4 is 5.32 Å². The highest BCUT2D eigenvalue weighted by Gasteiger charge is 2.50. The van der Waals surface area contributed by atoms with Crippen LogP contribution >= 0.6 is 0 Å². The molecule has 2 aliphatic carbocycles. The number of aliphatic hydroxyl groups is 2. The topological polar surface area (TPSA) is 201 Å². The lowest BCUT2D eigenvalue weighted by Gasteiger charge is -2.47. The molecule has 2 fully saturated rings. The normalized spacial score (nSPS) is 30.7. The predicted octanol–water partition coefficient (Wildman–Crippen LogP) is 1.87. The van der Waals surface area contributed by atoms with Gasteiger partial charge in [0.1, 0.15) is 17.1 Å². The molecule has 0 bridgehead atoms. The number of hydrogen-bond donors (Lipinski definition) is 5. The molecule has 15 heteroatoms. The minimum absolute atomic E-state index is 0.112. The molecule has 7 atom stereocenters. The van der Waals surface area contributed by atoms with Crippen molar-refractivity contribution in [3.05, 3.63) is 51.6 Å². The highest BCUT2D eigenvalue weighted by atomic mass is 19.1. The number of aliphatic hydroxyl groups excluding tert-OH is 1. The first-order valence-corrected chi connectivity index (χ1v) is 15.2. The molecule has 2 heterocycles. The van der Waals surface area contributed by atoms with Gasteiger partial charge in [-0.1, -0.05) is 12.1 Å². The lowest BCUT2D eigenvalue weighted by atomic mass is 9.72. The molecule has 0 spiro atoms. The summed E-state index contributed by atoms with van der Waals surface area (Å²) < 4.78 is 36.5. The molecule has 1 amide bonds. The Morgan fingerprint density at radius 3 is 2.51 bits per heavy atom. The van der Waals surface area contributed by atoms with E-state index in [0.29, 0.717) is 19.7 Å². The predicted molar refractivity (Wildman–Crippen MR) is 158 cm³/mol. The Morgan fingerprint density at radius 1 is 1.11 bits per heavy atom. The van der Waals surface area contributed by atoms with Crippen LogP contribution in [0.25, 0.3) is 0 Å². The number of nitrogens with zero attached hydrogens (tertiary/aromatic N) is 1. The number of ether oxygens (including phenoxy) is 4. The molecule has 252 valence electrons. The van der Waals surface area contributed by atoms with Gasteiger partial charge in [-0.15, -0.1) is 4.39 Å². The third kappa shape index (κ3) is 5.61. The number of rotatable bonds is 6. The Morgan fingerprint density at radius 2 is 1.83 bits per heavy atom. The average Bonchev–Trinajstić information content (AvgIpc) is 3.02.